The van der Waals surface area contributed by atoms with E-state index in [0.717, 1.165) is 34.4 Å². The number of hydrogen-bond donors (Lipinski definition) is 0. The molecule has 3 nitrogen and oxygen atoms in total. The first-order valence-corrected chi connectivity index (χ1v) is 8.19. The first-order valence-electron chi connectivity index (χ1n) is 7.01. The van der Waals surface area contributed by atoms with Gasteiger partial charge in [-0.05, 0) is 47.8 Å². The molecule has 0 fully saturated rings. The minimum Gasteiger partial charge on any atom is -0.294 e. The Balaban J connectivity index is 2.36. The van der Waals surface area contributed by atoms with E-state index in [1.54, 1.807) is 6.07 Å². The third-order valence-electron chi connectivity index (χ3n) is 3.51. The summed E-state index contributed by atoms with van der Waals surface area (Å²) in [5.41, 5.74) is 3.39. The number of hydrogen-bond acceptors (Lipinski definition) is 2. The van der Waals surface area contributed by atoms with E-state index in [9.17, 15) is 4.79 Å². The van der Waals surface area contributed by atoms with Gasteiger partial charge in [0.25, 0.3) is 0 Å². The molecule has 0 saturated heterocycles. The highest BCUT2D eigenvalue weighted by Gasteiger charge is 2.19. The second-order valence-corrected chi connectivity index (χ2v) is 6.08. The van der Waals surface area contributed by atoms with E-state index in [1.807, 2.05) is 30.7 Å². The van der Waals surface area contributed by atoms with Gasteiger partial charge in [-0.1, -0.05) is 30.7 Å². The van der Waals surface area contributed by atoms with Crippen molar-refractivity contribution >= 4 is 33.3 Å². The zero-order valence-corrected chi connectivity index (χ0v) is 14.8. The first-order chi connectivity index (χ1) is 9.99. The number of nitrogens with zero attached hydrogens (tertiary/aromatic N) is 2. The van der Waals surface area contributed by atoms with Crippen LogP contribution in [0.5, 0.6) is 0 Å². The predicted molar refractivity (Wildman–Crippen MR) is 89.2 cm³/mol. The largest absolute Gasteiger partial charge is 0.294 e. The van der Waals surface area contributed by atoms with Crippen LogP contribution in [0.25, 0.3) is 0 Å². The van der Waals surface area contributed by atoms with Crippen molar-refractivity contribution in [1.82, 2.24) is 9.78 Å². The van der Waals surface area contributed by atoms with Crippen LogP contribution in [-0.2, 0) is 19.4 Å². The van der Waals surface area contributed by atoms with Crippen LogP contribution in [0.15, 0.2) is 22.7 Å². The molecule has 0 bridgehead atoms. The van der Waals surface area contributed by atoms with Crippen molar-refractivity contribution in [3.63, 3.8) is 0 Å². The Kier molecular flexibility index (Phi) is 5.22. The fourth-order valence-corrected chi connectivity index (χ4v) is 3.23. The number of aryl methyl sites for hydroxylation is 3. The van der Waals surface area contributed by atoms with Gasteiger partial charge in [-0.2, -0.15) is 5.10 Å². The lowest BCUT2D eigenvalue weighted by atomic mass is 10.0. The zero-order chi connectivity index (χ0) is 15.6. The average Bonchev–Trinajstić information content (AvgIpc) is 2.78. The highest BCUT2D eigenvalue weighted by Crippen LogP contribution is 2.26. The summed E-state index contributed by atoms with van der Waals surface area (Å²) in [6.45, 7) is 6.71. The number of carbonyl (C=O) groups excluding carboxylic acids is 1. The molecule has 0 aliphatic heterocycles. The van der Waals surface area contributed by atoms with Gasteiger partial charge in [-0.25, -0.2) is 0 Å². The molecule has 1 aromatic heterocycles. The molecule has 1 heterocycles. The third kappa shape index (κ3) is 3.22. The minimum atomic E-state index is 0.0154. The predicted octanol–water partition coefficient (Wildman–Crippen LogP) is 4.62. The molecule has 0 radical (unpaired) electrons. The number of benzene rings is 1. The van der Waals surface area contributed by atoms with E-state index < -0.39 is 0 Å². The normalized spacial score (nSPS) is 10.9. The molecule has 0 saturated carbocycles. The monoisotopic (exact) mass is 368 g/mol. The van der Waals surface area contributed by atoms with E-state index in [4.69, 9.17) is 11.6 Å². The average molecular weight is 370 g/mol. The van der Waals surface area contributed by atoms with Crippen LogP contribution in [0.3, 0.4) is 0 Å². The molecule has 0 aliphatic rings. The van der Waals surface area contributed by atoms with Crippen LogP contribution in [0, 0.1) is 6.92 Å². The van der Waals surface area contributed by atoms with Gasteiger partial charge in [0.1, 0.15) is 0 Å². The van der Waals surface area contributed by atoms with Crippen LogP contribution in [0.4, 0.5) is 0 Å². The Bertz CT molecular complexity index is 679. The summed E-state index contributed by atoms with van der Waals surface area (Å²) in [7, 11) is 0. The van der Waals surface area contributed by atoms with Crippen molar-refractivity contribution in [2.45, 2.75) is 40.2 Å². The van der Waals surface area contributed by atoms with Crippen LogP contribution >= 0.6 is 27.5 Å². The van der Waals surface area contributed by atoms with Gasteiger partial charge < -0.3 is 0 Å². The summed E-state index contributed by atoms with van der Waals surface area (Å²) >= 11 is 9.81. The Morgan fingerprint density at radius 3 is 2.71 bits per heavy atom. The van der Waals surface area contributed by atoms with Gasteiger partial charge >= 0.3 is 0 Å². The van der Waals surface area contributed by atoms with Gasteiger partial charge in [0, 0.05) is 12.1 Å². The Hall–Kier alpha value is -1.13. The lowest BCUT2D eigenvalue weighted by Crippen LogP contribution is -2.11. The van der Waals surface area contributed by atoms with Crippen molar-refractivity contribution in [2.24, 2.45) is 0 Å². The molecule has 2 rings (SSSR count). The summed E-state index contributed by atoms with van der Waals surface area (Å²) < 4.78 is 2.81. The lowest BCUT2D eigenvalue weighted by molar-refractivity contribution is 0.0990. The highest BCUT2D eigenvalue weighted by atomic mass is 79.9. The topological polar surface area (TPSA) is 34.9 Å². The smallest absolute Gasteiger partial charge is 0.170 e. The number of rotatable bonds is 5. The summed E-state index contributed by atoms with van der Waals surface area (Å²) in [6.07, 6.45) is 1.13. The molecule has 0 atom stereocenters. The minimum absolute atomic E-state index is 0.0154. The van der Waals surface area contributed by atoms with Crippen LogP contribution in [0.2, 0.25) is 5.02 Å². The standard InChI is InChI=1S/C16H18BrClN2O/c1-4-12-15(17)13(20(5-2)19-12)9-14(21)11-8-6-7-10(3)16(11)18/h6-8H,4-5,9H2,1-3H3. The molecule has 0 spiro atoms. The number of halogens is 2. The molecule has 5 heteroatoms. The summed E-state index contributed by atoms with van der Waals surface area (Å²) in [4.78, 5) is 12.6. The van der Waals surface area contributed by atoms with Gasteiger partial charge in [-0.15, -0.1) is 0 Å². The number of aromatic nitrogens is 2. The van der Waals surface area contributed by atoms with Crippen molar-refractivity contribution in [1.29, 1.82) is 0 Å². The molecule has 21 heavy (non-hydrogen) atoms. The fourth-order valence-electron chi connectivity index (χ4n) is 2.30. The Morgan fingerprint density at radius 1 is 1.38 bits per heavy atom. The maximum absolute atomic E-state index is 12.6. The molecule has 0 unspecified atom stereocenters. The van der Waals surface area contributed by atoms with Crippen LogP contribution in [0.1, 0.15) is 41.2 Å². The Morgan fingerprint density at radius 2 is 2.10 bits per heavy atom. The number of ketones is 1. The van der Waals surface area contributed by atoms with Crippen LogP contribution < -0.4 is 0 Å². The van der Waals surface area contributed by atoms with Gasteiger partial charge in [0.2, 0.25) is 0 Å². The maximum Gasteiger partial charge on any atom is 0.170 e. The molecule has 0 N–H and O–H groups in total. The van der Waals surface area contributed by atoms with Crippen LogP contribution in [-0.4, -0.2) is 15.6 Å². The maximum atomic E-state index is 12.6. The molecule has 0 amide bonds. The van der Waals surface area contributed by atoms with E-state index in [1.165, 1.54) is 0 Å². The quantitative estimate of drug-likeness (QED) is 0.721. The van der Waals surface area contributed by atoms with Gasteiger partial charge in [0.15, 0.2) is 5.78 Å². The van der Waals surface area contributed by atoms with E-state index in [0.29, 0.717) is 17.0 Å². The highest BCUT2D eigenvalue weighted by molar-refractivity contribution is 9.10. The summed E-state index contributed by atoms with van der Waals surface area (Å²) in [5, 5.41) is 5.06. The molecular weight excluding hydrogens is 352 g/mol. The third-order valence-corrected chi connectivity index (χ3v) is 4.93. The molecular formula is C16H18BrClN2O. The molecule has 2 aromatic rings. The second-order valence-electron chi connectivity index (χ2n) is 4.91. The SMILES string of the molecule is CCc1nn(CC)c(CC(=O)c2cccc(C)c2Cl)c1Br. The summed E-state index contributed by atoms with van der Waals surface area (Å²) in [5.74, 6) is 0.0154. The second kappa shape index (κ2) is 6.75. The zero-order valence-electron chi connectivity index (χ0n) is 12.4. The Labute approximate surface area is 138 Å². The van der Waals surface area contributed by atoms with E-state index in [-0.39, 0.29) is 5.78 Å². The molecule has 112 valence electrons. The van der Waals surface area contributed by atoms with Gasteiger partial charge in [0.05, 0.1) is 27.3 Å². The lowest BCUT2D eigenvalue weighted by Gasteiger charge is -2.08. The number of Topliss-reactive ketones (excluding diaryl/α,β-unsaturated/α-hetero) is 1. The fraction of sp³-hybridized carbons (Fsp3) is 0.375. The summed E-state index contributed by atoms with van der Waals surface area (Å²) in [6, 6.07) is 5.54. The van der Waals surface area contributed by atoms with E-state index in [2.05, 4.69) is 28.0 Å². The van der Waals surface area contributed by atoms with E-state index >= 15 is 0 Å². The van der Waals surface area contributed by atoms with Crippen molar-refractivity contribution in [2.75, 3.05) is 0 Å². The molecule has 0 aliphatic carbocycles. The number of carbonyl (C=O) groups is 1. The molecule has 1 aromatic carbocycles. The van der Waals surface area contributed by atoms with Crippen molar-refractivity contribution < 1.29 is 4.79 Å². The van der Waals surface area contributed by atoms with Crippen molar-refractivity contribution in [3.8, 4) is 0 Å². The van der Waals surface area contributed by atoms with Crippen molar-refractivity contribution in [3.05, 3.63) is 50.2 Å². The van der Waals surface area contributed by atoms with Gasteiger partial charge in [-0.3, -0.25) is 9.48 Å². The first kappa shape index (κ1) is 16.2.